The first-order chi connectivity index (χ1) is 7.58. The summed E-state index contributed by atoms with van der Waals surface area (Å²) in [4.78, 5) is 14.1. The van der Waals surface area contributed by atoms with Gasteiger partial charge < -0.3 is 15.4 Å². The predicted molar refractivity (Wildman–Crippen MR) is 71.3 cm³/mol. The standard InChI is InChI=1S/C12H24N2O2.ClH/c1-9-4-5-10(2)14(8-9)12(15)6-11(7-13)16-3;/h9-11H,4-8,13H2,1-3H3;1H. The summed E-state index contributed by atoms with van der Waals surface area (Å²) >= 11 is 0. The third-order valence-electron chi connectivity index (χ3n) is 3.44. The van der Waals surface area contributed by atoms with Gasteiger partial charge in [-0.1, -0.05) is 6.92 Å². The van der Waals surface area contributed by atoms with Crippen molar-refractivity contribution in [2.24, 2.45) is 11.7 Å². The first-order valence-corrected chi connectivity index (χ1v) is 6.10. The maximum atomic E-state index is 12.1. The second-order valence-corrected chi connectivity index (χ2v) is 4.88. The maximum absolute atomic E-state index is 12.1. The molecule has 5 heteroatoms. The zero-order valence-corrected chi connectivity index (χ0v) is 11.8. The highest BCUT2D eigenvalue weighted by Gasteiger charge is 2.27. The highest BCUT2D eigenvalue weighted by molar-refractivity contribution is 5.85. The molecule has 0 aromatic carbocycles. The molecule has 3 atom stereocenters. The van der Waals surface area contributed by atoms with Gasteiger partial charge in [0, 0.05) is 26.2 Å². The smallest absolute Gasteiger partial charge is 0.225 e. The quantitative estimate of drug-likeness (QED) is 0.836. The summed E-state index contributed by atoms with van der Waals surface area (Å²) in [6.07, 6.45) is 2.59. The van der Waals surface area contributed by atoms with Crippen LogP contribution in [-0.2, 0) is 9.53 Å². The maximum Gasteiger partial charge on any atom is 0.225 e. The van der Waals surface area contributed by atoms with E-state index in [1.807, 2.05) is 4.90 Å². The molecule has 0 bridgehead atoms. The molecule has 1 fully saturated rings. The van der Waals surface area contributed by atoms with Crippen molar-refractivity contribution in [3.05, 3.63) is 0 Å². The van der Waals surface area contributed by atoms with Crippen molar-refractivity contribution in [3.8, 4) is 0 Å². The molecule has 102 valence electrons. The lowest BCUT2D eigenvalue weighted by Crippen LogP contribution is -2.46. The molecule has 3 unspecified atom stereocenters. The minimum absolute atomic E-state index is 0. The topological polar surface area (TPSA) is 55.6 Å². The second kappa shape index (κ2) is 7.90. The Bertz CT molecular complexity index is 235. The molecule has 1 saturated heterocycles. The number of hydrogen-bond donors (Lipinski definition) is 1. The molecule has 0 aliphatic carbocycles. The number of methoxy groups -OCH3 is 1. The van der Waals surface area contributed by atoms with Crippen molar-refractivity contribution in [2.45, 2.75) is 45.3 Å². The molecule has 1 aliphatic rings. The number of nitrogens with zero attached hydrogens (tertiary/aromatic N) is 1. The van der Waals surface area contributed by atoms with E-state index >= 15 is 0 Å². The Labute approximate surface area is 110 Å². The molecule has 1 heterocycles. The zero-order valence-electron chi connectivity index (χ0n) is 11.0. The number of rotatable bonds is 4. The van der Waals surface area contributed by atoms with Crippen LogP contribution in [0.15, 0.2) is 0 Å². The van der Waals surface area contributed by atoms with Gasteiger partial charge in [-0.05, 0) is 25.7 Å². The molecule has 4 nitrogen and oxygen atoms in total. The van der Waals surface area contributed by atoms with Crippen molar-refractivity contribution >= 4 is 18.3 Å². The lowest BCUT2D eigenvalue weighted by atomic mass is 9.94. The van der Waals surface area contributed by atoms with Crippen LogP contribution >= 0.6 is 12.4 Å². The summed E-state index contributed by atoms with van der Waals surface area (Å²) in [5.74, 6) is 0.787. The number of ether oxygens (including phenoxy) is 1. The van der Waals surface area contributed by atoms with Crippen LogP contribution in [0.1, 0.15) is 33.1 Å². The van der Waals surface area contributed by atoms with Crippen molar-refractivity contribution in [1.82, 2.24) is 4.90 Å². The summed E-state index contributed by atoms with van der Waals surface area (Å²) in [6, 6.07) is 0.360. The van der Waals surface area contributed by atoms with Crippen LogP contribution in [0.4, 0.5) is 0 Å². The van der Waals surface area contributed by atoms with Crippen molar-refractivity contribution < 1.29 is 9.53 Å². The fourth-order valence-corrected chi connectivity index (χ4v) is 2.21. The fourth-order valence-electron chi connectivity index (χ4n) is 2.21. The molecule has 17 heavy (non-hydrogen) atoms. The van der Waals surface area contributed by atoms with Crippen LogP contribution in [-0.4, -0.2) is 43.2 Å². The van der Waals surface area contributed by atoms with E-state index < -0.39 is 0 Å². The molecule has 1 rings (SSSR count). The Morgan fingerprint density at radius 3 is 2.65 bits per heavy atom. The molecule has 2 N–H and O–H groups in total. The lowest BCUT2D eigenvalue weighted by Gasteiger charge is -2.37. The van der Waals surface area contributed by atoms with Gasteiger partial charge in [0.1, 0.15) is 0 Å². The van der Waals surface area contributed by atoms with Gasteiger partial charge in [-0.2, -0.15) is 0 Å². The first kappa shape index (κ1) is 16.7. The molecule has 0 radical (unpaired) electrons. The minimum Gasteiger partial charge on any atom is -0.380 e. The Kier molecular flexibility index (Phi) is 7.75. The highest BCUT2D eigenvalue weighted by Crippen LogP contribution is 2.22. The SMILES string of the molecule is COC(CN)CC(=O)N1CC(C)CCC1C.Cl. The number of amides is 1. The van der Waals surface area contributed by atoms with Gasteiger partial charge in [0.2, 0.25) is 5.91 Å². The number of carbonyl (C=O) groups excluding carboxylic acids is 1. The van der Waals surface area contributed by atoms with E-state index in [-0.39, 0.29) is 24.4 Å². The predicted octanol–water partition coefficient (Wildman–Crippen LogP) is 1.42. The van der Waals surface area contributed by atoms with Crippen molar-refractivity contribution in [1.29, 1.82) is 0 Å². The Morgan fingerprint density at radius 1 is 1.47 bits per heavy atom. The van der Waals surface area contributed by atoms with Gasteiger partial charge >= 0.3 is 0 Å². The number of hydrogen-bond acceptors (Lipinski definition) is 3. The van der Waals surface area contributed by atoms with E-state index in [0.29, 0.717) is 24.9 Å². The van der Waals surface area contributed by atoms with Crippen LogP contribution in [0.5, 0.6) is 0 Å². The monoisotopic (exact) mass is 264 g/mol. The largest absolute Gasteiger partial charge is 0.380 e. The first-order valence-electron chi connectivity index (χ1n) is 6.10. The Morgan fingerprint density at radius 2 is 2.12 bits per heavy atom. The van der Waals surface area contributed by atoms with E-state index in [1.54, 1.807) is 7.11 Å². The summed E-state index contributed by atoms with van der Waals surface area (Å²) < 4.78 is 5.15. The van der Waals surface area contributed by atoms with E-state index in [0.717, 1.165) is 13.0 Å². The molecule has 1 aliphatic heterocycles. The molecule has 0 aromatic heterocycles. The van der Waals surface area contributed by atoms with Gasteiger partial charge in [-0.3, -0.25) is 4.79 Å². The van der Waals surface area contributed by atoms with Gasteiger partial charge in [0.05, 0.1) is 12.5 Å². The molecular weight excluding hydrogens is 240 g/mol. The summed E-state index contributed by atoms with van der Waals surface area (Å²) in [5.41, 5.74) is 5.53. The van der Waals surface area contributed by atoms with Gasteiger partial charge in [-0.15, -0.1) is 12.4 Å². The third kappa shape index (κ3) is 4.82. The lowest BCUT2D eigenvalue weighted by molar-refractivity contribution is -0.137. The van der Waals surface area contributed by atoms with Crippen LogP contribution in [0.2, 0.25) is 0 Å². The average molecular weight is 265 g/mol. The number of halogens is 1. The molecule has 0 aromatic rings. The fraction of sp³-hybridized carbons (Fsp3) is 0.917. The number of likely N-dealkylation sites (tertiary alicyclic amines) is 1. The van der Waals surface area contributed by atoms with Crippen LogP contribution in [0, 0.1) is 5.92 Å². The average Bonchev–Trinajstić information content (AvgIpc) is 2.28. The van der Waals surface area contributed by atoms with Gasteiger partial charge in [0.25, 0.3) is 0 Å². The number of carbonyl (C=O) groups is 1. The van der Waals surface area contributed by atoms with E-state index in [9.17, 15) is 4.79 Å². The zero-order chi connectivity index (χ0) is 12.1. The molecule has 0 spiro atoms. The molecule has 1 amide bonds. The van der Waals surface area contributed by atoms with Crippen molar-refractivity contribution in [3.63, 3.8) is 0 Å². The highest BCUT2D eigenvalue weighted by atomic mass is 35.5. The second-order valence-electron chi connectivity index (χ2n) is 4.88. The Hall–Kier alpha value is -0.320. The number of piperidine rings is 1. The van der Waals surface area contributed by atoms with Crippen LogP contribution < -0.4 is 5.73 Å². The summed E-state index contributed by atoms with van der Waals surface area (Å²) in [6.45, 7) is 5.60. The van der Waals surface area contributed by atoms with E-state index in [4.69, 9.17) is 10.5 Å². The minimum atomic E-state index is -0.142. The Balaban J connectivity index is 0.00000256. The van der Waals surface area contributed by atoms with E-state index in [1.165, 1.54) is 6.42 Å². The summed E-state index contributed by atoms with van der Waals surface area (Å²) in [7, 11) is 1.60. The molecular formula is C12H25ClN2O2. The van der Waals surface area contributed by atoms with Crippen molar-refractivity contribution in [2.75, 3.05) is 20.2 Å². The van der Waals surface area contributed by atoms with Gasteiger partial charge in [-0.25, -0.2) is 0 Å². The third-order valence-corrected chi connectivity index (χ3v) is 3.44. The van der Waals surface area contributed by atoms with Gasteiger partial charge in [0.15, 0.2) is 0 Å². The molecule has 0 saturated carbocycles. The normalized spacial score (nSPS) is 26.2. The van der Waals surface area contributed by atoms with Crippen LogP contribution in [0.25, 0.3) is 0 Å². The summed E-state index contributed by atoms with van der Waals surface area (Å²) in [5, 5.41) is 0. The van der Waals surface area contributed by atoms with E-state index in [2.05, 4.69) is 13.8 Å². The van der Waals surface area contributed by atoms with Crippen LogP contribution in [0.3, 0.4) is 0 Å². The number of nitrogens with two attached hydrogens (primary N) is 1.